The fourth-order valence-corrected chi connectivity index (χ4v) is 0.576. The fourth-order valence-electron chi connectivity index (χ4n) is 0.576. The third kappa shape index (κ3) is 3.24. The highest BCUT2D eigenvalue weighted by atomic mass is 16.4. The number of carboxylic acid groups (broad SMARTS) is 1. The number of terminal acetylenes is 1. The molecular weight excluding hydrogens is 144 g/mol. The van der Waals surface area contributed by atoms with Crippen LogP contribution in [0.25, 0.3) is 0 Å². The van der Waals surface area contributed by atoms with E-state index in [0.717, 1.165) is 0 Å². The van der Waals surface area contributed by atoms with Gasteiger partial charge in [-0.1, -0.05) is 5.92 Å². The highest BCUT2D eigenvalue weighted by Gasteiger charge is 2.17. The lowest BCUT2D eigenvalue weighted by molar-refractivity contribution is -0.137. The third-order valence-electron chi connectivity index (χ3n) is 1.16. The standard InChI is InChI=1S/C7H8N2O2/c1-2-5(4-8)6(9)3-7(10)11/h1,5-6H,3,9H2,(H,10,11)/t5-,6+/m0/s1. The maximum absolute atomic E-state index is 10.1. The fraction of sp³-hybridized carbons (Fsp3) is 0.429. The minimum absolute atomic E-state index is 0.275. The van der Waals surface area contributed by atoms with Gasteiger partial charge in [0.2, 0.25) is 0 Å². The molecule has 0 radical (unpaired) electrons. The Kier molecular flexibility index (Phi) is 3.72. The second kappa shape index (κ2) is 4.32. The van der Waals surface area contributed by atoms with Crippen LogP contribution < -0.4 is 5.73 Å². The maximum Gasteiger partial charge on any atom is 0.305 e. The molecule has 0 aromatic carbocycles. The van der Waals surface area contributed by atoms with Gasteiger partial charge in [0.25, 0.3) is 0 Å². The second-order valence-electron chi connectivity index (χ2n) is 2.04. The number of rotatable bonds is 3. The molecule has 0 saturated heterocycles. The van der Waals surface area contributed by atoms with Crippen molar-refractivity contribution in [1.29, 1.82) is 5.26 Å². The lowest BCUT2D eigenvalue weighted by Crippen LogP contribution is -2.30. The molecule has 0 aromatic heterocycles. The summed E-state index contributed by atoms with van der Waals surface area (Å²) in [7, 11) is 0. The Labute approximate surface area is 64.6 Å². The first-order chi connectivity index (χ1) is 5.11. The molecule has 58 valence electrons. The van der Waals surface area contributed by atoms with Crippen LogP contribution in [0.5, 0.6) is 0 Å². The van der Waals surface area contributed by atoms with E-state index in [2.05, 4.69) is 5.92 Å². The highest BCUT2D eigenvalue weighted by Crippen LogP contribution is 2.01. The molecule has 2 atom stereocenters. The summed E-state index contributed by atoms with van der Waals surface area (Å²) < 4.78 is 0. The second-order valence-corrected chi connectivity index (χ2v) is 2.04. The smallest absolute Gasteiger partial charge is 0.305 e. The van der Waals surface area contributed by atoms with Crippen LogP contribution in [0.1, 0.15) is 6.42 Å². The van der Waals surface area contributed by atoms with E-state index in [1.165, 1.54) is 0 Å². The molecule has 0 fully saturated rings. The normalized spacial score (nSPS) is 14.1. The van der Waals surface area contributed by atoms with E-state index in [1.807, 2.05) is 0 Å². The molecule has 3 N–H and O–H groups in total. The van der Waals surface area contributed by atoms with Crippen molar-refractivity contribution in [3.8, 4) is 18.4 Å². The zero-order valence-electron chi connectivity index (χ0n) is 5.82. The lowest BCUT2D eigenvalue weighted by Gasteiger charge is -2.08. The van der Waals surface area contributed by atoms with Crippen molar-refractivity contribution in [3.05, 3.63) is 0 Å². The van der Waals surface area contributed by atoms with E-state index < -0.39 is 17.9 Å². The molecule has 0 heterocycles. The maximum atomic E-state index is 10.1. The molecule has 0 amide bonds. The molecule has 4 heteroatoms. The first-order valence-corrected chi connectivity index (χ1v) is 2.95. The van der Waals surface area contributed by atoms with Crippen LogP contribution in [0, 0.1) is 29.6 Å². The van der Waals surface area contributed by atoms with Gasteiger partial charge in [-0.3, -0.25) is 4.79 Å². The molecule has 0 aliphatic heterocycles. The van der Waals surface area contributed by atoms with Crippen LogP contribution >= 0.6 is 0 Å². The Morgan fingerprint density at radius 3 is 2.64 bits per heavy atom. The molecule has 0 aliphatic rings. The van der Waals surface area contributed by atoms with Crippen molar-refractivity contribution in [2.45, 2.75) is 12.5 Å². The summed E-state index contributed by atoms with van der Waals surface area (Å²) in [5, 5.41) is 16.6. The third-order valence-corrected chi connectivity index (χ3v) is 1.16. The summed E-state index contributed by atoms with van der Waals surface area (Å²) in [6.45, 7) is 0. The van der Waals surface area contributed by atoms with Crippen LogP contribution in [-0.4, -0.2) is 17.1 Å². The van der Waals surface area contributed by atoms with Gasteiger partial charge < -0.3 is 10.8 Å². The zero-order chi connectivity index (χ0) is 8.85. The molecule has 11 heavy (non-hydrogen) atoms. The largest absolute Gasteiger partial charge is 0.481 e. The predicted octanol–water partition coefficient (Wildman–Crippen LogP) is -0.439. The molecular formula is C7H8N2O2. The number of hydrogen-bond acceptors (Lipinski definition) is 3. The van der Waals surface area contributed by atoms with Crippen molar-refractivity contribution in [2.24, 2.45) is 11.7 Å². The van der Waals surface area contributed by atoms with Gasteiger partial charge in [-0.2, -0.15) is 5.26 Å². The van der Waals surface area contributed by atoms with Crippen molar-refractivity contribution in [2.75, 3.05) is 0 Å². The summed E-state index contributed by atoms with van der Waals surface area (Å²) in [6, 6.07) is 0.957. The number of carbonyl (C=O) groups is 1. The van der Waals surface area contributed by atoms with Crippen LogP contribution in [-0.2, 0) is 4.79 Å². The lowest BCUT2D eigenvalue weighted by atomic mass is 10.0. The molecule has 0 unspecified atom stereocenters. The van der Waals surface area contributed by atoms with Gasteiger partial charge in [0.1, 0.15) is 5.92 Å². The summed E-state index contributed by atoms with van der Waals surface area (Å²) in [5.74, 6) is 0.245. The molecule has 0 spiro atoms. The number of nitrogens with zero attached hydrogens (tertiary/aromatic N) is 1. The average molecular weight is 152 g/mol. The van der Waals surface area contributed by atoms with Crippen LogP contribution in [0.3, 0.4) is 0 Å². The molecule has 0 saturated carbocycles. The topological polar surface area (TPSA) is 87.1 Å². The molecule has 0 bridgehead atoms. The summed E-state index contributed by atoms with van der Waals surface area (Å²) >= 11 is 0. The zero-order valence-corrected chi connectivity index (χ0v) is 5.82. The van der Waals surface area contributed by atoms with Gasteiger partial charge >= 0.3 is 5.97 Å². The Morgan fingerprint density at radius 2 is 2.36 bits per heavy atom. The minimum Gasteiger partial charge on any atom is -0.481 e. The van der Waals surface area contributed by atoms with Crippen molar-refractivity contribution >= 4 is 5.97 Å². The van der Waals surface area contributed by atoms with Crippen molar-refractivity contribution in [1.82, 2.24) is 0 Å². The highest BCUT2D eigenvalue weighted by molar-refractivity contribution is 5.67. The van der Waals surface area contributed by atoms with Gasteiger partial charge in [-0.15, -0.1) is 6.42 Å². The van der Waals surface area contributed by atoms with Gasteiger partial charge in [0.15, 0.2) is 0 Å². The van der Waals surface area contributed by atoms with Crippen molar-refractivity contribution < 1.29 is 9.90 Å². The molecule has 4 nitrogen and oxygen atoms in total. The van der Waals surface area contributed by atoms with E-state index in [0.29, 0.717) is 0 Å². The Hall–Kier alpha value is -1.52. The van der Waals surface area contributed by atoms with Gasteiger partial charge in [0, 0.05) is 6.04 Å². The first kappa shape index (κ1) is 9.48. The van der Waals surface area contributed by atoms with E-state index in [-0.39, 0.29) is 6.42 Å². The average Bonchev–Trinajstić information content (AvgIpc) is 1.88. The number of nitrogens with two attached hydrogens (primary N) is 1. The molecule has 0 aromatic rings. The predicted molar refractivity (Wildman–Crippen MR) is 38.2 cm³/mol. The summed E-state index contributed by atoms with van der Waals surface area (Å²) in [4.78, 5) is 10.1. The van der Waals surface area contributed by atoms with Crippen LogP contribution in [0.4, 0.5) is 0 Å². The van der Waals surface area contributed by atoms with Crippen LogP contribution in [0.2, 0.25) is 0 Å². The monoisotopic (exact) mass is 152 g/mol. The van der Waals surface area contributed by atoms with Gasteiger partial charge in [0.05, 0.1) is 12.5 Å². The quantitative estimate of drug-likeness (QED) is 0.537. The SMILES string of the molecule is C#C[C@@H](C#N)[C@H](N)CC(=O)O. The van der Waals surface area contributed by atoms with Crippen LogP contribution in [0.15, 0.2) is 0 Å². The van der Waals surface area contributed by atoms with Gasteiger partial charge in [-0.05, 0) is 0 Å². The Balaban J connectivity index is 4.04. The number of carboxylic acids is 1. The number of nitriles is 1. The first-order valence-electron chi connectivity index (χ1n) is 2.95. The Morgan fingerprint density at radius 1 is 1.82 bits per heavy atom. The summed E-state index contributed by atoms with van der Waals surface area (Å²) in [5.41, 5.74) is 5.29. The molecule has 0 rings (SSSR count). The van der Waals surface area contributed by atoms with Crippen molar-refractivity contribution in [3.63, 3.8) is 0 Å². The minimum atomic E-state index is -1.05. The van der Waals surface area contributed by atoms with E-state index >= 15 is 0 Å². The van der Waals surface area contributed by atoms with E-state index in [9.17, 15) is 4.79 Å². The summed E-state index contributed by atoms with van der Waals surface area (Å²) in [6.07, 6.45) is 4.64. The van der Waals surface area contributed by atoms with Gasteiger partial charge in [-0.25, -0.2) is 0 Å². The van der Waals surface area contributed by atoms with E-state index in [4.69, 9.17) is 22.5 Å². The number of hydrogen-bond donors (Lipinski definition) is 2. The molecule has 0 aliphatic carbocycles. The van der Waals surface area contributed by atoms with E-state index in [1.54, 1.807) is 6.07 Å². The Bertz CT molecular complexity index is 210. The number of aliphatic carboxylic acids is 1.